The van der Waals surface area contributed by atoms with Gasteiger partial charge in [-0.3, -0.25) is 9.59 Å². The van der Waals surface area contributed by atoms with Gasteiger partial charge in [-0.2, -0.15) is 0 Å². The standard InChI is InChI=1S/C26H27ClN2O5/c1-32-19-8-7-16(13-21(19)33-2)10-12-29-15-26-11-9-20(34-26)22(23(26)25(29)31)24(30)28-14-17-5-3-4-6-18(17)27/h3-9,11,13,20,22-23H,10,12,14-15H2,1-2H3,(H,28,30). The van der Waals surface area contributed by atoms with Crippen molar-refractivity contribution in [3.63, 3.8) is 0 Å². The zero-order chi connectivity index (χ0) is 23.9. The van der Waals surface area contributed by atoms with Crippen molar-refractivity contribution in [2.45, 2.75) is 24.7 Å². The van der Waals surface area contributed by atoms with Crippen LogP contribution in [0, 0.1) is 11.8 Å². The second-order valence-corrected chi connectivity index (χ2v) is 9.32. The van der Waals surface area contributed by atoms with E-state index in [1.165, 1.54) is 0 Å². The average Bonchev–Trinajstić information content (AvgIpc) is 3.49. The predicted molar refractivity (Wildman–Crippen MR) is 127 cm³/mol. The number of nitrogens with one attached hydrogen (secondary N) is 1. The van der Waals surface area contributed by atoms with E-state index in [9.17, 15) is 9.59 Å². The molecule has 5 rings (SSSR count). The Kier molecular flexibility index (Phi) is 6.00. The molecule has 4 atom stereocenters. The largest absolute Gasteiger partial charge is 0.493 e. The van der Waals surface area contributed by atoms with Gasteiger partial charge in [-0.1, -0.05) is 48.0 Å². The molecule has 0 aliphatic carbocycles. The Bertz CT molecular complexity index is 1150. The highest BCUT2D eigenvalue weighted by Gasteiger charge is 2.66. The maximum absolute atomic E-state index is 13.4. The van der Waals surface area contributed by atoms with Crippen molar-refractivity contribution >= 4 is 23.4 Å². The Morgan fingerprint density at radius 1 is 1.21 bits per heavy atom. The molecule has 1 spiro atoms. The second-order valence-electron chi connectivity index (χ2n) is 8.91. The number of nitrogens with zero attached hydrogens (tertiary/aromatic N) is 1. The molecule has 4 unspecified atom stereocenters. The number of methoxy groups -OCH3 is 2. The zero-order valence-electron chi connectivity index (χ0n) is 19.1. The average molecular weight is 483 g/mol. The molecule has 3 aliphatic rings. The van der Waals surface area contributed by atoms with Crippen LogP contribution < -0.4 is 14.8 Å². The minimum atomic E-state index is -0.730. The molecular weight excluding hydrogens is 456 g/mol. The van der Waals surface area contributed by atoms with Crippen LogP contribution in [0.4, 0.5) is 0 Å². The number of halogens is 1. The monoisotopic (exact) mass is 482 g/mol. The van der Waals surface area contributed by atoms with Crippen molar-refractivity contribution in [3.8, 4) is 11.5 Å². The van der Waals surface area contributed by atoms with E-state index < -0.39 is 17.4 Å². The molecule has 2 aromatic carbocycles. The summed E-state index contributed by atoms with van der Waals surface area (Å²) in [5.41, 5.74) is 1.14. The van der Waals surface area contributed by atoms with Crippen LogP contribution in [0.25, 0.3) is 0 Å². The molecule has 2 fully saturated rings. The lowest BCUT2D eigenvalue weighted by molar-refractivity contribution is -0.137. The zero-order valence-corrected chi connectivity index (χ0v) is 19.9. The molecule has 0 radical (unpaired) electrons. The minimum Gasteiger partial charge on any atom is -0.493 e. The number of likely N-dealkylation sites (tertiary alicyclic amines) is 1. The maximum atomic E-state index is 13.4. The molecule has 1 N–H and O–H groups in total. The topological polar surface area (TPSA) is 77.1 Å². The van der Waals surface area contributed by atoms with Crippen LogP contribution in [0.15, 0.2) is 54.6 Å². The first-order chi connectivity index (χ1) is 16.5. The highest BCUT2D eigenvalue weighted by atomic mass is 35.5. The number of ether oxygens (including phenoxy) is 3. The van der Waals surface area contributed by atoms with Crippen LogP contribution in [0.1, 0.15) is 11.1 Å². The van der Waals surface area contributed by atoms with E-state index in [4.69, 9.17) is 25.8 Å². The molecular formula is C26H27ClN2O5. The third-order valence-corrected chi connectivity index (χ3v) is 7.38. The van der Waals surface area contributed by atoms with Gasteiger partial charge < -0.3 is 24.4 Å². The number of hydrogen-bond donors (Lipinski definition) is 1. The lowest BCUT2D eigenvalue weighted by Crippen LogP contribution is -2.44. The smallest absolute Gasteiger partial charge is 0.230 e. The van der Waals surface area contributed by atoms with E-state index in [0.29, 0.717) is 42.6 Å². The summed E-state index contributed by atoms with van der Waals surface area (Å²) in [5, 5.41) is 3.56. The van der Waals surface area contributed by atoms with Gasteiger partial charge in [-0.25, -0.2) is 0 Å². The van der Waals surface area contributed by atoms with Gasteiger partial charge in [-0.15, -0.1) is 0 Å². The summed E-state index contributed by atoms with van der Waals surface area (Å²) in [7, 11) is 3.20. The summed E-state index contributed by atoms with van der Waals surface area (Å²) in [4.78, 5) is 28.4. The van der Waals surface area contributed by atoms with Crippen molar-refractivity contribution in [2.75, 3.05) is 27.3 Å². The Labute approximate surface area is 203 Å². The normalized spacial score (nSPS) is 26.6. The highest BCUT2D eigenvalue weighted by Crippen LogP contribution is 2.51. The van der Waals surface area contributed by atoms with Crippen molar-refractivity contribution in [1.82, 2.24) is 10.2 Å². The van der Waals surface area contributed by atoms with Gasteiger partial charge in [0.2, 0.25) is 11.8 Å². The minimum absolute atomic E-state index is 0.0368. The van der Waals surface area contributed by atoms with Gasteiger partial charge in [0.1, 0.15) is 5.60 Å². The first-order valence-electron chi connectivity index (χ1n) is 11.3. The lowest BCUT2D eigenvalue weighted by atomic mass is 9.77. The van der Waals surface area contributed by atoms with Gasteiger partial charge >= 0.3 is 0 Å². The summed E-state index contributed by atoms with van der Waals surface area (Å²) in [6, 6.07) is 13.1. The number of amides is 2. The Morgan fingerprint density at radius 3 is 2.76 bits per heavy atom. The third-order valence-electron chi connectivity index (χ3n) is 7.01. The van der Waals surface area contributed by atoms with E-state index in [1.807, 2.05) is 53.5 Å². The van der Waals surface area contributed by atoms with E-state index in [2.05, 4.69) is 5.32 Å². The van der Waals surface area contributed by atoms with Crippen molar-refractivity contribution in [1.29, 1.82) is 0 Å². The van der Waals surface area contributed by atoms with E-state index in [-0.39, 0.29) is 17.9 Å². The number of carbonyl (C=O) groups excluding carboxylic acids is 2. The number of carbonyl (C=O) groups is 2. The summed E-state index contributed by atoms with van der Waals surface area (Å²) in [5.74, 6) is 0.0353. The van der Waals surface area contributed by atoms with E-state index in [1.54, 1.807) is 20.3 Å². The van der Waals surface area contributed by atoms with Crippen molar-refractivity contribution < 1.29 is 23.8 Å². The van der Waals surface area contributed by atoms with Crippen LogP contribution >= 0.6 is 11.6 Å². The Morgan fingerprint density at radius 2 is 2.00 bits per heavy atom. The number of benzene rings is 2. The van der Waals surface area contributed by atoms with Crippen LogP contribution in [0.3, 0.4) is 0 Å². The summed E-state index contributed by atoms with van der Waals surface area (Å²) < 4.78 is 16.9. The molecule has 2 amide bonds. The summed E-state index contributed by atoms with van der Waals surface area (Å²) in [6.07, 6.45) is 4.16. The molecule has 178 valence electrons. The second kappa shape index (κ2) is 8.96. The molecule has 34 heavy (non-hydrogen) atoms. The summed E-state index contributed by atoms with van der Waals surface area (Å²) >= 11 is 6.22. The van der Waals surface area contributed by atoms with Crippen molar-refractivity contribution in [2.24, 2.45) is 11.8 Å². The van der Waals surface area contributed by atoms with Crippen LogP contribution in [-0.4, -0.2) is 55.7 Å². The first kappa shape index (κ1) is 22.7. The molecule has 3 aliphatic heterocycles. The van der Waals surface area contributed by atoms with Gasteiger partial charge in [0.05, 0.1) is 38.7 Å². The fourth-order valence-electron chi connectivity index (χ4n) is 5.31. The fourth-order valence-corrected chi connectivity index (χ4v) is 5.51. The number of rotatable bonds is 8. The fraction of sp³-hybridized carbons (Fsp3) is 0.385. The SMILES string of the molecule is COc1ccc(CCN2CC34C=CC(O3)C(C(=O)NCc3ccccc3Cl)C4C2=O)cc1OC. The Balaban J connectivity index is 1.27. The molecule has 2 bridgehead atoms. The summed E-state index contributed by atoms with van der Waals surface area (Å²) in [6.45, 7) is 1.29. The molecule has 0 saturated carbocycles. The first-order valence-corrected chi connectivity index (χ1v) is 11.7. The van der Waals surface area contributed by atoms with Crippen LogP contribution in [0.2, 0.25) is 5.02 Å². The van der Waals surface area contributed by atoms with Gasteiger partial charge in [0.15, 0.2) is 11.5 Å². The van der Waals surface area contributed by atoms with Gasteiger partial charge in [0, 0.05) is 18.1 Å². The predicted octanol–water partition coefficient (Wildman–Crippen LogP) is 3.00. The van der Waals surface area contributed by atoms with Gasteiger partial charge in [-0.05, 0) is 35.7 Å². The molecule has 2 saturated heterocycles. The Hall–Kier alpha value is -3.03. The van der Waals surface area contributed by atoms with Crippen molar-refractivity contribution in [3.05, 3.63) is 70.8 Å². The van der Waals surface area contributed by atoms with E-state index in [0.717, 1.165) is 11.1 Å². The number of fused-ring (bicyclic) bond motifs is 1. The molecule has 8 heteroatoms. The number of hydrogen-bond acceptors (Lipinski definition) is 5. The van der Waals surface area contributed by atoms with Crippen LogP contribution in [0.5, 0.6) is 11.5 Å². The molecule has 7 nitrogen and oxygen atoms in total. The van der Waals surface area contributed by atoms with Gasteiger partial charge in [0.25, 0.3) is 0 Å². The molecule has 3 heterocycles. The maximum Gasteiger partial charge on any atom is 0.230 e. The van der Waals surface area contributed by atoms with E-state index >= 15 is 0 Å². The lowest BCUT2D eigenvalue weighted by Gasteiger charge is -2.23. The highest BCUT2D eigenvalue weighted by molar-refractivity contribution is 6.31. The molecule has 2 aromatic rings. The third kappa shape index (κ3) is 3.83. The quantitative estimate of drug-likeness (QED) is 0.585. The molecule has 0 aromatic heterocycles. The van der Waals surface area contributed by atoms with Crippen LogP contribution in [-0.2, 0) is 27.3 Å².